The van der Waals surface area contributed by atoms with E-state index in [9.17, 15) is 9.59 Å². The second kappa shape index (κ2) is 8.77. The standard InChI is InChI=1S/C21H21N5O2/c1-25(2)18-10-8-16(9-11-18)14-22-23-20(27)15-26-21(28)13-12-19(24-26)17-6-4-3-5-7-17/h3-14H,15H2,1-2H3,(H,23,27)/b22-14+. The molecule has 142 valence electrons. The van der Waals surface area contributed by atoms with E-state index in [2.05, 4.69) is 15.6 Å². The van der Waals surface area contributed by atoms with Crippen molar-refractivity contribution in [2.24, 2.45) is 5.10 Å². The first-order valence-electron chi connectivity index (χ1n) is 8.76. The highest BCUT2D eigenvalue weighted by atomic mass is 16.2. The number of aromatic nitrogens is 2. The molecule has 2 aromatic carbocycles. The molecular weight excluding hydrogens is 354 g/mol. The van der Waals surface area contributed by atoms with Crippen LogP contribution in [0.4, 0.5) is 5.69 Å². The van der Waals surface area contributed by atoms with Crippen molar-refractivity contribution in [2.75, 3.05) is 19.0 Å². The van der Waals surface area contributed by atoms with Crippen molar-refractivity contribution in [3.8, 4) is 11.3 Å². The van der Waals surface area contributed by atoms with Gasteiger partial charge < -0.3 is 4.90 Å². The molecule has 0 aliphatic rings. The van der Waals surface area contributed by atoms with Crippen LogP contribution in [-0.4, -0.2) is 36.0 Å². The molecule has 1 heterocycles. The number of nitrogens with one attached hydrogen (secondary N) is 1. The van der Waals surface area contributed by atoms with Gasteiger partial charge in [-0.05, 0) is 23.8 Å². The van der Waals surface area contributed by atoms with E-state index in [1.165, 1.54) is 6.07 Å². The summed E-state index contributed by atoms with van der Waals surface area (Å²) in [5.41, 5.74) is 5.50. The molecule has 0 aliphatic carbocycles. The van der Waals surface area contributed by atoms with E-state index < -0.39 is 5.91 Å². The molecular formula is C21H21N5O2. The van der Waals surface area contributed by atoms with Gasteiger partial charge in [0.15, 0.2) is 0 Å². The fourth-order valence-corrected chi connectivity index (χ4v) is 2.53. The van der Waals surface area contributed by atoms with Gasteiger partial charge in [0, 0.05) is 31.4 Å². The minimum Gasteiger partial charge on any atom is -0.378 e. The number of carbonyl (C=O) groups is 1. The third-order valence-corrected chi connectivity index (χ3v) is 4.04. The lowest BCUT2D eigenvalue weighted by Crippen LogP contribution is -2.31. The first kappa shape index (κ1) is 19.0. The normalized spacial score (nSPS) is 10.8. The molecule has 1 amide bonds. The highest BCUT2D eigenvalue weighted by Crippen LogP contribution is 2.14. The summed E-state index contributed by atoms with van der Waals surface area (Å²) in [6.45, 7) is -0.212. The predicted molar refractivity (Wildman–Crippen MR) is 110 cm³/mol. The number of rotatable bonds is 6. The van der Waals surface area contributed by atoms with Crippen molar-refractivity contribution in [3.05, 3.63) is 82.6 Å². The molecule has 0 saturated heterocycles. The zero-order valence-corrected chi connectivity index (χ0v) is 15.7. The summed E-state index contributed by atoms with van der Waals surface area (Å²) < 4.78 is 1.12. The molecule has 0 fully saturated rings. The molecule has 1 aromatic heterocycles. The van der Waals surface area contributed by atoms with Crippen LogP contribution in [0.1, 0.15) is 5.56 Å². The van der Waals surface area contributed by atoms with Crippen molar-refractivity contribution in [1.82, 2.24) is 15.2 Å². The van der Waals surface area contributed by atoms with E-state index in [1.54, 1.807) is 12.3 Å². The van der Waals surface area contributed by atoms with E-state index >= 15 is 0 Å². The van der Waals surface area contributed by atoms with Crippen LogP contribution in [0.3, 0.4) is 0 Å². The smallest absolute Gasteiger partial charge is 0.267 e. The second-order valence-electron chi connectivity index (χ2n) is 6.36. The Morgan fingerprint density at radius 3 is 2.46 bits per heavy atom. The van der Waals surface area contributed by atoms with E-state index in [-0.39, 0.29) is 12.1 Å². The fourth-order valence-electron chi connectivity index (χ4n) is 2.53. The summed E-state index contributed by atoms with van der Waals surface area (Å²) in [6.07, 6.45) is 1.55. The molecule has 3 aromatic rings. The molecule has 7 nitrogen and oxygen atoms in total. The molecule has 0 aliphatic heterocycles. The van der Waals surface area contributed by atoms with E-state index in [0.717, 1.165) is 21.5 Å². The number of nitrogens with zero attached hydrogens (tertiary/aromatic N) is 4. The van der Waals surface area contributed by atoms with Gasteiger partial charge in [0.2, 0.25) is 0 Å². The van der Waals surface area contributed by atoms with Crippen molar-refractivity contribution < 1.29 is 4.79 Å². The maximum Gasteiger partial charge on any atom is 0.267 e. The Hall–Kier alpha value is -3.74. The number of anilines is 1. The number of amides is 1. The van der Waals surface area contributed by atoms with Crippen LogP contribution < -0.4 is 15.9 Å². The number of hydrazone groups is 1. The largest absolute Gasteiger partial charge is 0.378 e. The third kappa shape index (κ3) is 4.91. The van der Waals surface area contributed by atoms with Crippen molar-refractivity contribution in [1.29, 1.82) is 0 Å². The average molecular weight is 375 g/mol. The van der Waals surface area contributed by atoms with Gasteiger partial charge in [-0.3, -0.25) is 9.59 Å². The van der Waals surface area contributed by atoms with Crippen LogP contribution in [0.15, 0.2) is 76.6 Å². The monoisotopic (exact) mass is 375 g/mol. The van der Waals surface area contributed by atoms with Gasteiger partial charge in [0.1, 0.15) is 6.54 Å². The van der Waals surface area contributed by atoms with Crippen LogP contribution in [0, 0.1) is 0 Å². The summed E-state index contributed by atoms with van der Waals surface area (Å²) in [5, 5.41) is 8.20. The molecule has 0 radical (unpaired) electrons. The lowest BCUT2D eigenvalue weighted by Gasteiger charge is -2.11. The Morgan fingerprint density at radius 2 is 1.79 bits per heavy atom. The molecule has 0 bridgehead atoms. The van der Waals surface area contributed by atoms with Gasteiger partial charge in [0.05, 0.1) is 11.9 Å². The molecule has 0 atom stereocenters. The van der Waals surface area contributed by atoms with Crippen molar-refractivity contribution in [2.45, 2.75) is 6.54 Å². The predicted octanol–water partition coefficient (Wildman–Crippen LogP) is 2.13. The van der Waals surface area contributed by atoms with Gasteiger partial charge in [0.25, 0.3) is 11.5 Å². The molecule has 0 unspecified atom stereocenters. The lowest BCUT2D eigenvalue weighted by molar-refractivity contribution is -0.121. The number of benzene rings is 2. The Morgan fingerprint density at radius 1 is 1.07 bits per heavy atom. The van der Waals surface area contributed by atoms with Gasteiger partial charge >= 0.3 is 0 Å². The van der Waals surface area contributed by atoms with Crippen LogP contribution in [-0.2, 0) is 11.3 Å². The Balaban J connectivity index is 1.64. The Bertz CT molecular complexity index is 1020. The van der Waals surface area contributed by atoms with Crippen LogP contribution >= 0.6 is 0 Å². The number of hydrogen-bond donors (Lipinski definition) is 1. The minimum absolute atomic E-state index is 0.212. The van der Waals surface area contributed by atoms with E-state index in [4.69, 9.17) is 0 Å². The van der Waals surface area contributed by atoms with Crippen LogP contribution in [0.2, 0.25) is 0 Å². The van der Waals surface area contributed by atoms with Gasteiger partial charge in [-0.15, -0.1) is 0 Å². The molecule has 0 spiro atoms. The maximum absolute atomic E-state index is 12.1. The summed E-state index contributed by atoms with van der Waals surface area (Å²) in [6, 6.07) is 20.2. The lowest BCUT2D eigenvalue weighted by atomic mass is 10.1. The van der Waals surface area contributed by atoms with Gasteiger partial charge in [-0.1, -0.05) is 42.5 Å². The van der Waals surface area contributed by atoms with E-state index in [1.807, 2.05) is 73.6 Å². The summed E-state index contributed by atoms with van der Waals surface area (Å²) in [7, 11) is 3.93. The first-order chi connectivity index (χ1) is 13.5. The SMILES string of the molecule is CN(C)c1ccc(/C=N/NC(=O)Cn2nc(-c3ccccc3)ccc2=O)cc1. The second-order valence-corrected chi connectivity index (χ2v) is 6.36. The molecule has 28 heavy (non-hydrogen) atoms. The summed E-state index contributed by atoms with van der Waals surface area (Å²) in [5.74, 6) is -0.430. The highest BCUT2D eigenvalue weighted by Gasteiger charge is 2.07. The average Bonchev–Trinajstić information content (AvgIpc) is 2.71. The fraction of sp³-hybridized carbons (Fsp3) is 0.143. The highest BCUT2D eigenvalue weighted by molar-refractivity contribution is 5.82. The molecule has 1 N–H and O–H groups in total. The molecule has 0 saturated carbocycles. The summed E-state index contributed by atoms with van der Waals surface area (Å²) in [4.78, 5) is 26.1. The van der Waals surface area contributed by atoms with Crippen molar-refractivity contribution >= 4 is 17.8 Å². The third-order valence-electron chi connectivity index (χ3n) is 4.04. The number of carbonyl (C=O) groups excluding carboxylic acids is 1. The topological polar surface area (TPSA) is 79.6 Å². The zero-order chi connectivity index (χ0) is 19.9. The van der Waals surface area contributed by atoms with E-state index in [0.29, 0.717) is 5.69 Å². The Kier molecular flexibility index (Phi) is 5.96. The molecule has 3 rings (SSSR count). The minimum atomic E-state index is -0.430. The maximum atomic E-state index is 12.1. The number of hydrogen-bond acceptors (Lipinski definition) is 5. The Labute approximate surface area is 162 Å². The van der Waals surface area contributed by atoms with Gasteiger partial charge in [-0.25, -0.2) is 10.1 Å². The first-order valence-corrected chi connectivity index (χ1v) is 8.76. The quantitative estimate of drug-likeness (QED) is 0.529. The van der Waals surface area contributed by atoms with Crippen LogP contribution in [0.5, 0.6) is 0 Å². The van der Waals surface area contributed by atoms with Crippen molar-refractivity contribution in [3.63, 3.8) is 0 Å². The zero-order valence-electron chi connectivity index (χ0n) is 15.7. The van der Waals surface area contributed by atoms with Gasteiger partial charge in [-0.2, -0.15) is 10.2 Å². The van der Waals surface area contributed by atoms with Crippen LogP contribution in [0.25, 0.3) is 11.3 Å². The summed E-state index contributed by atoms with van der Waals surface area (Å²) >= 11 is 0. The molecule has 7 heteroatoms.